The van der Waals surface area contributed by atoms with Gasteiger partial charge in [0.25, 0.3) is 0 Å². The van der Waals surface area contributed by atoms with E-state index in [1.807, 2.05) is 24.1 Å². The number of nitrogens with zero attached hydrogens (tertiary/aromatic N) is 5. The van der Waals surface area contributed by atoms with E-state index in [-0.39, 0.29) is 0 Å². The van der Waals surface area contributed by atoms with Crippen LogP contribution in [0.15, 0.2) is 17.7 Å². The van der Waals surface area contributed by atoms with Gasteiger partial charge in [0.1, 0.15) is 5.82 Å². The highest BCUT2D eigenvalue weighted by atomic mass is 32.2. The van der Waals surface area contributed by atoms with Gasteiger partial charge in [0.05, 0.1) is 12.9 Å². The van der Waals surface area contributed by atoms with Crippen LogP contribution in [-0.2, 0) is 19.3 Å². The molecule has 0 saturated heterocycles. The maximum atomic E-state index is 5.58. The van der Waals surface area contributed by atoms with Crippen LogP contribution in [0, 0.1) is 0 Å². The SMILES string of the molecule is Cn1c(CN)nnc1SCc1cncn1C1CC1. The molecule has 1 saturated carbocycles. The van der Waals surface area contributed by atoms with Crippen LogP contribution >= 0.6 is 11.8 Å². The number of hydrogen-bond acceptors (Lipinski definition) is 5. The van der Waals surface area contributed by atoms with Crippen LogP contribution in [0.1, 0.15) is 30.4 Å². The zero-order valence-corrected chi connectivity index (χ0v) is 11.1. The summed E-state index contributed by atoms with van der Waals surface area (Å²) in [5.74, 6) is 1.68. The number of aromatic nitrogens is 5. The Morgan fingerprint density at radius 1 is 1.44 bits per heavy atom. The van der Waals surface area contributed by atoms with Gasteiger partial charge in [-0.3, -0.25) is 0 Å². The maximum absolute atomic E-state index is 5.58. The van der Waals surface area contributed by atoms with Gasteiger partial charge < -0.3 is 14.9 Å². The Morgan fingerprint density at radius 3 is 2.94 bits per heavy atom. The van der Waals surface area contributed by atoms with Crippen molar-refractivity contribution in [3.8, 4) is 0 Å². The van der Waals surface area contributed by atoms with E-state index in [0.29, 0.717) is 12.6 Å². The van der Waals surface area contributed by atoms with E-state index in [2.05, 4.69) is 19.7 Å². The summed E-state index contributed by atoms with van der Waals surface area (Å²) in [7, 11) is 1.95. The minimum Gasteiger partial charge on any atom is -0.331 e. The summed E-state index contributed by atoms with van der Waals surface area (Å²) < 4.78 is 4.22. The zero-order chi connectivity index (χ0) is 12.5. The first-order valence-corrected chi connectivity index (χ1v) is 7.00. The Kier molecular flexibility index (Phi) is 3.09. The standard InChI is InChI=1S/C11H16N6S/c1-16-10(4-12)14-15-11(16)18-6-9-5-13-7-17(9)8-2-3-8/h5,7-8H,2-4,6,12H2,1H3. The van der Waals surface area contributed by atoms with Crippen LogP contribution in [-0.4, -0.2) is 24.3 Å². The Bertz CT molecular complexity index is 541. The van der Waals surface area contributed by atoms with Crippen LogP contribution in [0.4, 0.5) is 0 Å². The summed E-state index contributed by atoms with van der Waals surface area (Å²) >= 11 is 1.67. The van der Waals surface area contributed by atoms with Crippen molar-refractivity contribution in [1.29, 1.82) is 0 Å². The molecule has 0 radical (unpaired) electrons. The molecule has 0 amide bonds. The fourth-order valence-corrected chi connectivity index (χ4v) is 2.81. The number of imidazole rings is 1. The molecule has 96 valence electrons. The molecule has 0 aliphatic heterocycles. The van der Waals surface area contributed by atoms with E-state index >= 15 is 0 Å². The second-order valence-corrected chi connectivity index (χ2v) is 5.42. The largest absolute Gasteiger partial charge is 0.331 e. The van der Waals surface area contributed by atoms with Crippen molar-refractivity contribution in [2.75, 3.05) is 0 Å². The number of thioether (sulfide) groups is 1. The first kappa shape index (κ1) is 11.7. The molecule has 7 heteroatoms. The highest BCUT2D eigenvalue weighted by Crippen LogP contribution is 2.36. The molecule has 0 spiro atoms. The summed E-state index contributed by atoms with van der Waals surface area (Å²) in [5.41, 5.74) is 6.83. The van der Waals surface area contributed by atoms with Crippen molar-refractivity contribution in [1.82, 2.24) is 24.3 Å². The molecule has 1 fully saturated rings. The van der Waals surface area contributed by atoms with Crippen molar-refractivity contribution in [3.05, 3.63) is 24.0 Å². The molecule has 3 rings (SSSR count). The Hall–Kier alpha value is -1.34. The molecule has 0 aromatic carbocycles. The lowest BCUT2D eigenvalue weighted by Gasteiger charge is -2.06. The second kappa shape index (κ2) is 4.74. The predicted octanol–water partition coefficient (Wildman–Crippen LogP) is 1.10. The van der Waals surface area contributed by atoms with Gasteiger partial charge in [0, 0.05) is 30.7 Å². The maximum Gasteiger partial charge on any atom is 0.191 e. The fourth-order valence-electron chi connectivity index (χ4n) is 1.91. The minimum atomic E-state index is 0.421. The van der Waals surface area contributed by atoms with E-state index in [4.69, 9.17) is 5.73 Å². The van der Waals surface area contributed by atoms with E-state index < -0.39 is 0 Å². The average Bonchev–Trinajstić information content (AvgIpc) is 3.01. The highest BCUT2D eigenvalue weighted by molar-refractivity contribution is 7.98. The van der Waals surface area contributed by atoms with E-state index in [1.54, 1.807) is 11.8 Å². The van der Waals surface area contributed by atoms with Crippen molar-refractivity contribution in [2.24, 2.45) is 12.8 Å². The number of nitrogens with two attached hydrogens (primary N) is 1. The molecule has 0 unspecified atom stereocenters. The summed E-state index contributed by atoms with van der Waals surface area (Å²) in [6.45, 7) is 0.421. The summed E-state index contributed by atoms with van der Waals surface area (Å²) in [4.78, 5) is 4.23. The molecule has 1 aliphatic rings. The number of hydrogen-bond donors (Lipinski definition) is 1. The summed E-state index contributed by atoms with van der Waals surface area (Å²) in [6.07, 6.45) is 6.41. The third-order valence-electron chi connectivity index (χ3n) is 3.14. The van der Waals surface area contributed by atoms with Gasteiger partial charge in [-0.25, -0.2) is 4.98 Å². The third kappa shape index (κ3) is 2.15. The minimum absolute atomic E-state index is 0.421. The lowest BCUT2D eigenvalue weighted by Crippen LogP contribution is -2.05. The lowest BCUT2D eigenvalue weighted by atomic mass is 10.5. The Labute approximate surface area is 110 Å². The molecule has 2 heterocycles. The molecular weight excluding hydrogens is 248 g/mol. The first-order chi connectivity index (χ1) is 8.79. The molecule has 0 bridgehead atoms. The van der Waals surface area contributed by atoms with Crippen LogP contribution in [0.5, 0.6) is 0 Å². The number of rotatable bonds is 5. The normalized spacial score (nSPS) is 15.2. The topological polar surface area (TPSA) is 74.6 Å². The van der Waals surface area contributed by atoms with E-state index in [1.165, 1.54) is 18.5 Å². The van der Waals surface area contributed by atoms with Crippen molar-refractivity contribution in [3.63, 3.8) is 0 Å². The molecule has 6 nitrogen and oxygen atoms in total. The van der Waals surface area contributed by atoms with Crippen LogP contribution in [0.2, 0.25) is 0 Å². The van der Waals surface area contributed by atoms with Crippen LogP contribution < -0.4 is 5.73 Å². The van der Waals surface area contributed by atoms with Gasteiger partial charge in [0.2, 0.25) is 0 Å². The monoisotopic (exact) mass is 264 g/mol. The first-order valence-electron chi connectivity index (χ1n) is 6.01. The summed E-state index contributed by atoms with van der Waals surface area (Å²) in [6, 6.07) is 0.669. The van der Waals surface area contributed by atoms with Gasteiger partial charge in [-0.2, -0.15) is 0 Å². The Morgan fingerprint density at radius 2 is 2.28 bits per heavy atom. The quantitative estimate of drug-likeness (QED) is 0.818. The van der Waals surface area contributed by atoms with E-state index in [9.17, 15) is 0 Å². The van der Waals surface area contributed by atoms with Gasteiger partial charge in [-0.05, 0) is 12.8 Å². The fraction of sp³-hybridized carbons (Fsp3) is 0.545. The molecular formula is C11H16N6S. The highest BCUT2D eigenvalue weighted by Gasteiger charge is 2.25. The van der Waals surface area contributed by atoms with Crippen LogP contribution in [0.25, 0.3) is 0 Å². The second-order valence-electron chi connectivity index (χ2n) is 4.47. The summed E-state index contributed by atoms with van der Waals surface area (Å²) in [5, 5.41) is 9.09. The van der Waals surface area contributed by atoms with Crippen molar-refractivity contribution >= 4 is 11.8 Å². The van der Waals surface area contributed by atoms with Gasteiger partial charge in [-0.15, -0.1) is 10.2 Å². The van der Waals surface area contributed by atoms with Gasteiger partial charge >= 0.3 is 0 Å². The lowest BCUT2D eigenvalue weighted by molar-refractivity contribution is 0.711. The zero-order valence-electron chi connectivity index (χ0n) is 10.3. The molecule has 18 heavy (non-hydrogen) atoms. The van der Waals surface area contributed by atoms with Gasteiger partial charge in [-0.1, -0.05) is 11.8 Å². The third-order valence-corrected chi connectivity index (χ3v) is 4.20. The smallest absolute Gasteiger partial charge is 0.191 e. The predicted molar refractivity (Wildman–Crippen MR) is 69.0 cm³/mol. The van der Waals surface area contributed by atoms with Crippen molar-refractivity contribution < 1.29 is 0 Å². The molecule has 2 aromatic rings. The molecule has 2 aromatic heterocycles. The van der Waals surface area contributed by atoms with Crippen molar-refractivity contribution in [2.45, 2.75) is 36.3 Å². The average molecular weight is 264 g/mol. The van der Waals surface area contributed by atoms with Crippen LogP contribution in [0.3, 0.4) is 0 Å². The molecule has 1 aliphatic carbocycles. The van der Waals surface area contributed by atoms with E-state index in [0.717, 1.165) is 16.7 Å². The van der Waals surface area contributed by atoms with Gasteiger partial charge in [0.15, 0.2) is 5.16 Å². The molecule has 0 atom stereocenters. The Balaban J connectivity index is 1.69. The molecule has 2 N–H and O–H groups in total.